The number of rotatable bonds is 50. The molecule has 0 spiro atoms. The van der Waals surface area contributed by atoms with Crippen LogP contribution >= 0.6 is 0 Å². The molecule has 64 heavy (non-hydrogen) atoms. The lowest BCUT2D eigenvalue weighted by molar-refractivity contribution is -0.163. The first kappa shape index (κ1) is 61.3. The predicted octanol–water partition coefficient (Wildman–Crippen LogP) is 18.7. The molecule has 0 radical (unpaired) electrons. The number of carbonyl (C=O) groups excluding carboxylic acids is 2. The summed E-state index contributed by atoms with van der Waals surface area (Å²) in [5.41, 5.74) is 0. The van der Waals surface area contributed by atoms with Crippen LogP contribution in [-0.2, 0) is 23.8 Å². The van der Waals surface area contributed by atoms with Crippen molar-refractivity contribution < 1.29 is 23.8 Å². The van der Waals surface area contributed by atoms with E-state index in [1.165, 1.54) is 148 Å². The SMILES string of the molecule is CC/C=C\C/C=C\C/C=C\C/C=C\C/C=C\CCCC(=O)OCC(COCCCCCCCCCCCCCCCCCCCC)OC(=O)CCCCCCC/C=C\CCCCCC. The van der Waals surface area contributed by atoms with Gasteiger partial charge in [-0.3, -0.25) is 9.59 Å². The fourth-order valence-corrected chi connectivity index (χ4v) is 7.66. The van der Waals surface area contributed by atoms with E-state index in [9.17, 15) is 9.59 Å². The summed E-state index contributed by atoms with van der Waals surface area (Å²) in [6.07, 6.45) is 70.7. The Morgan fingerprint density at radius 1 is 0.359 bits per heavy atom. The molecule has 1 unspecified atom stereocenters. The number of hydrogen-bond acceptors (Lipinski definition) is 5. The van der Waals surface area contributed by atoms with Crippen molar-refractivity contribution in [3.8, 4) is 0 Å². The van der Waals surface area contributed by atoms with Gasteiger partial charge in [-0.2, -0.15) is 0 Å². The van der Waals surface area contributed by atoms with Crippen molar-refractivity contribution in [1.29, 1.82) is 0 Å². The van der Waals surface area contributed by atoms with Gasteiger partial charge >= 0.3 is 11.9 Å². The van der Waals surface area contributed by atoms with E-state index in [4.69, 9.17) is 14.2 Å². The second-order valence-electron chi connectivity index (χ2n) is 18.1. The maximum atomic E-state index is 12.8. The van der Waals surface area contributed by atoms with Crippen molar-refractivity contribution >= 4 is 11.9 Å². The van der Waals surface area contributed by atoms with Crippen LogP contribution in [0.1, 0.15) is 265 Å². The Kier molecular flexibility index (Phi) is 52.4. The molecule has 0 aliphatic rings. The summed E-state index contributed by atoms with van der Waals surface area (Å²) in [5, 5.41) is 0. The van der Waals surface area contributed by atoms with Gasteiger partial charge in [0.25, 0.3) is 0 Å². The quantitative estimate of drug-likeness (QED) is 0.0346. The molecule has 0 fully saturated rings. The zero-order valence-electron chi connectivity index (χ0n) is 42.5. The minimum atomic E-state index is -0.563. The molecule has 0 saturated heterocycles. The topological polar surface area (TPSA) is 61.8 Å². The normalized spacial score (nSPS) is 12.7. The van der Waals surface area contributed by atoms with Gasteiger partial charge in [-0.05, 0) is 83.5 Å². The average molecular weight is 893 g/mol. The van der Waals surface area contributed by atoms with E-state index in [1.54, 1.807) is 0 Å². The van der Waals surface area contributed by atoms with Gasteiger partial charge in [-0.1, -0.05) is 241 Å². The molecule has 0 rings (SSSR count). The van der Waals surface area contributed by atoms with Crippen LogP contribution in [0.25, 0.3) is 0 Å². The lowest BCUT2D eigenvalue weighted by Crippen LogP contribution is -2.30. The van der Waals surface area contributed by atoms with E-state index in [0.29, 0.717) is 19.4 Å². The van der Waals surface area contributed by atoms with E-state index in [-0.39, 0.29) is 25.2 Å². The van der Waals surface area contributed by atoms with Crippen LogP contribution in [0.2, 0.25) is 0 Å². The second-order valence-corrected chi connectivity index (χ2v) is 18.1. The van der Waals surface area contributed by atoms with Gasteiger partial charge in [0.15, 0.2) is 6.10 Å². The van der Waals surface area contributed by atoms with E-state index in [0.717, 1.165) is 83.5 Å². The summed E-state index contributed by atoms with van der Waals surface area (Å²) in [4.78, 5) is 25.4. The van der Waals surface area contributed by atoms with E-state index in [2.05, 4.69) is 93.7 Å². The van der Waals surface area contributed by atoms with Crippen molar-refractivity contribution in [2.45, 2.75) is 271 Å². The van der Waals surface area contributed by atoms with Crippen LogP contribution in [0.4, 0.5) is 0 Å². The standard InChI is InChI=1S/C59H104O5/c1-4-7-10-13-16-19-22-25-27-29-31-33-36-39-42-45-48-51-54-62-55-57(64-59(61)53-50-47-44-41-38-34-24-21-18-15-12-9-6-3)56-63-58(60)52-49-46-43-40-37-35-32-30-28-26-23-20-17-14-11-8-5-2/h8,11,17,20-21,24,26,28,32,35,40,43,57H,4-7,9-10,12-16,18-19,22-23,25,27,29-31,33-34,36-39,41-42,44-56H2,1-3H3/b11-8-,20-17-,24-21-,28-26-,35-32-,43-40-. The van der Waals surface area contributed by atoms with Crippen LogP contribution in [0.3, 0.4) is 0 Å². The van der Waals surface area contributed by atoms with Crippen LogP contribution in [0, 0.1) is 0 Å². The molecule has 0 bridgehead atoms. The van der Waals surface area contributed by atoms with E-state index < -0.39 is 6.10 Å². The van der Waals surface area contributed by atoms with Crippen LogP contribution in [-0.4, -0.2) is 37.9 Å². The van der Waals surface area contributed by atoms with Gasteiger partial charge in [-0.25, -0.2) is 0 Å². The Morgan fingerprint density at radius 2 is 0.719 bits per heavy atom. The van der Waals surface area contributed by atoms with Crippen molar-refractivity contribution in [3.63, 3.8) is 0 Å². The zero-order chi connectivity index (χ0) is 46.3. The second kappa shape index (κ2) is 54.7. The lowest BCUT2D eigenvalue weighted by Gasteiger charge is -2.18. The van der Waals surface area contributed by atoms with Crippen molar-refractivity contribution in [3.05, 3.63) is 72.9 Å². The molecule has 370 valence electrons. The van der Waals surface area contributed by atoms with E-state index >= 15 is 0 Å². The average Bonchev–Trinajstić information content (AvgIpc) is 3.30. The van der Waals surface area contributed by atoms with Gasteiger partial charge in [0.1, 0.15) is 6.61 Å². The molecular weight excluding hydrogens is 789 g/mol. The zero-order valence-corrected chi connectivity index (χ0v) is 42.5. The molecule has 5 heteroatoms. The maximum absolute atomic E-state index is 12.8. The van der Waals surface area contributed by atoms with Gasteiger partial charge in [0.05, 0.1) is 6.61 Å². The highest BCUT2D eigenvalue weighted by molar-refractivity contribution is 5.70. The van der Waals surface area contributed by atoms with Crippen molar-refractivity contribution in [2.75, 3.05) is 19.8 Å². The smallest absolute Gasteiger partial charge is 0.306 e. The molecule has 5 nitrogen and oxygen atoms in total. The van der Waals surface area contributed by atoms with Crippen LogP contribution in [0.15, 0.2) is 72.9 Å². The van der Waals surface area contributed by atoms with E-state index in [1.807, 2.05) is 0 Å². The summed E-state index contributed by atoms with van der Waals surface area (Å²) < 4.78 is 17.4. The summed E-state index contributed by atoms with van der Waals surface area (Å²) in [6, 6.07) is 0. The first-order valence-corrected chi connectivity index (χ1v) is 27.5. The highest BCUT2D eigenvalue weighted by Gasteiger charge is 2.17. The largest absolute Gasteiger partial charge is 0.462 e. The van der Waals surface area contributed by atoms with Gasteiger partial charge < -0.3 is 14.2 Å². The molecule has 1 atom stereocenters. The van der Waals surface area contributed by atoms with Crippen molar-refractivity contribution in [1.82, 2.24) is 0 Å². The minimum absolute atomic E-state index is 0.0531. The summed E-state index contributed by atoms with van der Waals surface area (Å²) in [6.45, 7) is 7.66. The summed E-state index contributed by atoms with van der Waals surface area (Å²) in [7, 11) is 0. The number of carbonyl (C=O) groups is 2. The molecule has 0 aromatic rings. The number of esters is 2. The number of allylic oxidation sites excluding steroid dienone is 12. The highest BCUT2D eigenvalue weighted by Crippen LogP contribution is 2.15. The number of unbranched alkanes of at least 4 members (excludes halogenated alkanes) is 27. The third-order valence-electron chi connectivity index (χ3n) is 11.7. The Hall–Kier alpha value is -2.66. The molecule has 0 saturated carbocycles. The van der Waals surface area contributed by atoms with Crippen LogP contribution in [0.5, 0.6) is 0 Å². The van der Waals surface area contributed by atoms with Gasteiger partial charge in [0, 0.05) is 19.4 Å². The Morgan fingerprint density at radius 3 is 1.20 bits per heavy atom. The first-order valence-electron chi connectivity index (χ1n) is 27.5. The number of hydrogen-bond donors (Lipinski definition) is 0. The first-order chi connectivity index (χ1) is 31.6. The predicted molar refractivity (Wildman–Crippen MR) is 279 cm³/mol. The third-order valence-corrected chi connectivity index (χ3v) is 11.7. The highest BCUT2D eigenvalue weighted by atomic mass is 16.6. The molecule has 0 aromatic carbocycles. The number of ether oxygens (including phenoxy) is 3. The minimum Gasteiger partial charge on any atom is -0.462 e. The monoisotopic (exact) mass is 893 g/mol. The maximum Gasteiger partial charge on any atom is 0.306 e. The summed E-state index contributed by atoms with van der Waals surface area (Å²) in [5.74, 6) is -0.467. The van der Waals surface area contributed by atoms with Gasteiger partial charge in [0.2, 0.25) is 0 Å². The molecule has 0 aliphatic heterocycles. The molecule has 0 heterocycles. The molecule has 0 aromatic heterocycles. The summed E-state index contributed by atoms with van der Waals surface area (Å²) >= 11 is 0. The van der Waals surface area contributed by atoms with Crippen molar-refractivity contribution in [2.24, 2.45) is 0 Å². The fourth-order valence-electron chi connectivity index (χ4n) is 7.66. The Balaban J connectivity index is 4.33. The molecule has 0 aliphatic carbocycles. The molecule has 0 N–H and O–H groups in total. The lowest BCUT2D eigenvalue weighted by atomic mass is 10.0. The fraction of sp³-hybridized carbons (Fsp3) is 0.763. The Labute approximate surface area is 397 Å². The molecular formula is C59H104O5. The Bertz CT molecular complexity index is 1150. The van der Waals surface area contributed by atoms with Gasteiger partial charge in [-0.15, -0.1) is 0 Å². The molecule has 0 amide bonds. The van der Waals surface area contributed by atoms with Crippen LogP contribution < -0.4 is 0 Å². The third kappa shape index (κ3) is 52.0.